The van der Waals surface area contributed by atoms with Gasteiger partial charge in [-0.3, -0.25) is 14.0 Å². The minimum atomic E-state index is -0.594. The number of carbonyl (C=O) groups is 2. The van der Waals surface area contributed by atoms with Crippen molar-refractivity contribution in [2.75, 3.05) is 12.4 Å². The summed E-state index contributed by atoms with van der Waals surface area (Å²) in [6, 6.07) is 20.8. The Morgan fingerprint density at radius 1 is 0.893 bits per heavy atom. The van der Waals surface area contributed by atoms with Gasteiger partial charge in [-0.05, 0) is 35.7 Å². The highest BCUT2D eigenvalue weighted by Crippen LogP contribution is 2.21. The van der Waals surface area contributed by atoms with Crippen LogP contribution >= 0.6 is 0 Å². The largest absolute Gasteiger partial charge is 0.465 e. The average Bonchev–Trinajstić information content (AvgIpc) is 2.75. The second-order valence-corrected chi connectivity index (χ2v) is 6.20. The van der Waals surface area contributed by atoms with Crippen molar-refractivity contribution < 1.29 is 14.3 Å². The standard InChI is InChI=1S/C22H16N2O4/c1-28-22(27)16-13-17(23-20(25)15-8-3-2-4-9-15)21(26)24-18-10-6-5-7-14(18)11-12-19(16)24/h2-13H,1H3,(H,23,25). The molecule has 0 aliphatic carbocycles. The first kappa shape index (κ1) is 17.5. The topological polar surface area (TPSA) is 76.9 Å². The molecule has 2 aromatic carbocycles. The molecule has 2 heterocycles. The van der Waals surface area contributed by atoms with E-state index in [1.807, 2.05) is 18.2 Å². The fourth-order valence-electron chi connectivity index (χ4n) is 3.18. The third-order valence-corrected chi connectivity index (χ3v) is 4.53. The third-order valence-electron chi connectivity index (χ3n) is 4.53. The molecule has 6 heteroatoms. The van der Waals surface area contributed by atoms with Crippen molar-refractivity contribution in [3.05, 3.63) is 94.3 Å². The molecule has 1 amide bonds. The van der Waals surface area contributed by atoms with Crippen molar-refractivity contribution in [3.8, 4) is 0 Å². The van der Waals surface area contributed by atoms with Gasteiger partial charge in [-0.25, -0.2) is 4.79 Å². The zero-order valence-corrected chi connectivity index (χ0v) is 15.0. The molecule has 4 aromatic rings. The van der Waals surface area contributed by atoms with Gasteiger partial charge in [-0.1, -0.05) is 42.5 Å². The van der Waals surface area contributed by atoms with E-state index < -0.39 is 17.4 Å². The molecule has 0 radical (unpaired) electrons. The minimum absolute atomic E-state index is 0.00288. The number of amides is 1. The fourth-order valence-corrected chi connectivity index (χ4v) is 3.18. The monoisotopic (exact) mass is 372 g/mol. The molecule has 6 nitrogen and oxygen atoms in total. The number of ether oxygens (including phenoxy) is 1. The predicted octanol–water partition coefficient (Wildman–Crippen LogP) is 3.49. The molecule has 4 rings (SSSR count). The van der Waals surface area contributed by atoms with Crippen molar-refractivity contribution in [2.45, 2.75) is 0 Å². The number of carbonyl (C=O) groups excluding carboxylic acids is 2. The Kier molecular flexibility index (Phi) is 4.37. The number of nitrogens with one attached hydrogen (secondary N) is 1. The number of nitrogens with zero attached hydrogens (tertiary/aromatic N) is 1. The Morgan fingerprint density at radius 3 is 2.36 bits per heavy atom. The van der Waals surface area contributed by atoms with Crippen molar-refractivity contribution in [1.82, 2.24) is 4.40 Å². The van der Waals surface area contributed by atoms with E-state index in [9.17, 15) is 14.4 Å². The number of hydrogen-bond donors (Lipinski definition) is 1. The highest BCUT2D eigenvalue weighted by atomic mass is 16.5. The van der Waals surface area contributed by atoms with E-state index in [-0.39, 0.29) is 11.3 Å². The second kappa shape index (κ2) is 7.00. The summed E-state index contributed by atoms with van der Waals surface area (Å²) in [6.45, 7) is 0. The lowest BCUT2D eigenvalue weighted by molar-refractivity contribution is 0.0602. The van der Waals surface area contributed by atoms with Gasteiger partial charge in [0.15, 0.2) is 0 Å². The molecule has 0 atom stereocenters. The van der Waals surface area contributed by atoms with Gasteiger partial charge in [0.25, 0.3) is 11.5 Å². The highest BCUT2D eigenvalue weighted by molar-refractivity contribution is 6.06. The van der Waals surface area contributed by atoms with Crippen molar-refractivity contribution in [3.63, 3.8) is 0 Å². The molecule has 0 aliphatic rings. The van der Waals surface area contributed by atoms with Gasteiger partial charge < -0.3 is 10.1 Å². The van der Waals surface area contributed by atoms with E-state index in [1.54, 1.807) is 48.5 Å². The Morgan fingerprint density at radius 2 is 1.61 bits per heavy atom. The van der Waals surface area contributed by atoms with Crippen LogP contribution in [0.15, 0.2) is 77.6 Å². The van der Waals surface area contributed by atoms with E-state index in [2.05, 4.69) is 5.32 Å². The van der Waals surface area contributed by atoms with E-state index in [0.29, 0.717) is 16.6 Å². The summed E-state index contributed by atoms with van der Waals surface area (Å²) in [5.41, 5.74) is 1.21. The van der Waals surface area contributed by atoms with Gasteiger partial charge in [0.05, 0.1) is 23.7 Å². The first-order valence-corrected chi connectivity index (χ1v) is 8.62. The maximum Gasteiger partial charge on any atom is 0.340 e. The number of rotatable bonds is 3. The molecule has 28 heavy (non-hydrogen) atoms. The first-order chi connectivity index (χ1) is 13.6. The van der Waals surface area contributed by atoms with E-state index in [1.165, 1.54) is 17.6 Å². The van der Waals surface area contributed by atoms with Crippen LogP contribution in [0, 0.1) is 0 Å². The maximum absolute atomic E-state index is 13.2. The lowest BCUT2D eigenvalue weighted by Gasteiger charge is -2.13. The number of fused-ring (bicyclic) bond motifs is 3. The zero-order chi connectivity index (χ0) is 19.7. The molecule has 0 bridgehead atoms. The number of esters is 1. The summed E-state index contributed by atoms with van der Waals surface area (Å²) in [4.78, 5) is 38.0. The number of aromatic nitrogens is 1. The fraction of sp³-hybridized carbons (Fsp3) is 0.0455. The van der Waals surface area contributed by atoms with E-state index in [4.69, 9.17) is 4.74 Å². The number of para-hydroxylation sites is 1. The number of methoxy groups -OCH3 is 1. The lowest BCUT2D eigenvalue weighted by Crippen LogP contribution is -2.25. The maximum atomic E-state index is 13.2. The Balaban J connectivity index is 1.97. The average molecular weight is 372 g/mol. The molecule has 0 fully saturated rings. The first-order valence-electron chi connectivity index (χ1n) is 8.62. The molecular formula is C22H16N2O4. The van der Waals surface area contributed by atoms with Gasteiger partial charge in [0.2, 0.25) is 0 Å². The van der Waals surface area contributed by atoms with Gasteiger partial charge in [0.1, 0.15) is 5.69 Å². The summed E-state index contributed by atoms with van der Waals surface area (Å²) in [6.07, 6.45) is 0. The van der Waals surface area contributed by atoms with Gasteiger partial charge >= 0.3 is 5.97 Å². The van der Waals surface area contributed by atoms with E-state index in [0.717, 1.165) is 5.39 Å². The Bertz CT molecular complexity index is 1280. The molecule has 0 saturated heterocycles. The second-order valence-electron chi connectivity index (χ2n) is 6.20. The zero-order valence-electron chi connectivity index (χ0n) is 15.0. The molecule has 1 N–H and O–H groups in total. The number of pyridine rings is 2. The number of hydrogen-bond acceptors (Lipinski definition) is 4. The predicted molar refractivity (Wildman–Crippen MR) is 107 cm³/mol. The summed E-state index contributed by atoms with van der Waals surface area (Å²) >= 11 is 0. The van der Waals surface area contributed by atoms with Gasteiger partial charge in [0, 0.05) is 5.56 Å². The molecule has 0 saturated carbocycles. The van der Waals surface area contributed by atoms with Crippen LogP contribution in [-0.4, -0.2) is 23.4 Å². The smallest absolute Gasteiger partial charge is 0.340 e. The molecule has 0 spiro atoms. The lowest BCUT2D eigenvalue weighted by atomic mass is 10.1. The van der Waals surface area contributed by atoms with Crippen molar-refractivity contribution in [2.24, 2.45) is 0 Å². The highest BCUT2D eigenvalue weighted by Gasteiger charge is 2.18. The number of benzene rings is 2. The summed E-state index contributed by atoms with van der Waals surface area (Å²) in [7, 11) is 1.27. The Hall–Kier alpha value is -3.93. The van der Waals surface area contributed by atoms with Crippen LogP contribution in [0.25, 0.3) is 16.4 Å². The van der Waals surface area contributed by atoms with Crippen LogP contribution in [-0.2, 0) is 4.74 Å². The molecule has 0 unspecified atom stereocenters. The van der Waals surface area contributed by atoms with Crippen LogP contribution in [0.1, 0.15) is 20.7 Å². The van der Waals surface area contributed by atoms with Crippen LogP contribution in [0.2, 0.25) is 0 Å². The van der Waals surface area contributed by atoms with Gasteiger partial charge in [-0.2, -0.15) is 0 Å². The molecule has 2 aromatic heterocycles. The summed E-state index contributed by atoms with van der Waals surface area (Å²) < 4.78 is 6.29. The van der Waals surface area contributed by atoms with Crippen LogP contribution in [0.3, 0.4) is 0 Å². The normalized spacial score (nSPS) is 10.8. The van der Waals surface area contributed by atoms with E-state index >= 15 is 0 Å². The van der Waals surface area contributed by atoms with Crippen LogP contribution in [0.5, 0.6) is 0 Å². The van der Waals surface area contributed by atoms with Crippen LogP contribution in [0.4, 0.5) is 5.69 Å². The Labute approximate surface area is 160 Å². The van der Waals surface area contributed by atoms with Gasteiger partial charge in [-0.15, -0.1) is 0 Å². The van der Waals surface area contributed by atoms with Crippen LogP contribution < -0.4 is 10.9 Å². The molecular weight excluding hydrogens is 356 g/mol. The molecule has 0 aliphatic heterocycles. The number of anilines is 1. The van der Waals surface area contributed by atoms with Crippen molar-refractivity contribution in [1.29, 1.82) is 0 Å². The van der Waals surface area contributed by atoms with Crippen molar-refractivity contribution >= 4 is 34.0 Å². The molecule has 138 valence electrons. The third kappa shape index (κ3) is 2.91. The minimum Gasteiger partial charge on any atom is -0.465 e. The summed E-state index contributed by atoms with van der Waals surface area (Å²) in [5, 5.41) is 3.46. The summed E-state index contributed by atoms with van der Waals surface area (Å²) in [5.74, 6) is -1.03. The quantitative estimate of drug-likeness (QED) is 0.441. The SMILES string of the molecule is COC(=O)c1cc(NC(=O)c2ccccc2)c(=O)n2c1ccc1ccccc12.